The zero-order chi connectivity index (χ0) is 22.2. The molecule has 0 amide bonds. The summed E-state index contributed by atoms with van der Waals surface area (Å²) in [4.78, 5) is 4.31. The predicted molar refractivity (Wildman–Crippen MR) is 140 cm³/mol. The van der Waals surface area contributed by atoms with E-state index in [9.17, 15) is 0 Å². The molecule has 0 bridgehead atoms. The van der Waals surface area contributed by atoms with E-state index in [0.717, 1.165) is 29.0 Å². The Labute approximate surface area is 208 Å². The molecule has 0 aliphatic carbocycles. The van der Waals surface area contributed by atoms with Gasteiger partial charge in [-0.05, 0) is 30.2 Å². The maximum absolute atomic E-state index is 5.76. The number of hydrogen-bond acceptors (Lipinski definition) is 5. The van der Waals surface area contributed by atoms with E-state index in [0.29, 0.717) is 52.1 Å². The Morgan fingerprint density at radius 2 is 1.72 bits per heavy atom. The van der Waals surface area contributed by atoms with E-state index in [1.165, 1.54) is 0 Å². The lowest BCUT2D eigenvalue weighted by Crippen LogP contribution is -2.30. The first-order valence-corrected chi connectivity index (χ1v) is 10.7. The minimum absolute atomic E-state index is 0. The van der Waals surface area contributed by atoms with Gasteiger partial charge in [0.25, 0.3) is 0 Å². The van der Waals surface area contributed by atoms with E-state index >= 15 is 0 Å². The van der Waals surface area contributed by atoms with Crippen molar-refractivity contribution in [3.8, 4) is 5.75 Å². The van der Waals surface area contributed by atoms with E-state index in [-0.39, 0.29) is 24.0 Å². The average molecular weight is 557 g/mol. The normalized spacial score (nSPS) is 11.0. The van der Waals surface area contributed by atoms with E-state index in [1.807, 2.05) is 37.3 Å². The number of benzene rings is 2. The first-order chi connectivity index (χ1) is 15.2. The molecule has 8 heteroatoms. The maximum atomic E-state index is 5.76. The molecule has 0 unspecified atom stereocenters. The summed E-state index contributed by atoms with van der Waals surface area (Å²) in [7, 11) is 3.44. The van der Waals surface area contributed by atoms with Crippen LogP contribution in [0.15, 0.2) is 53.5 Å². The van der Waals surface area contributed by atoms with Crippen molar-refractivity contribution in [1.29, 1.82) is 0 Å². The van der Waals surface area contributed by atoms with Gasteiger partial charge in [0.05, 0.1) is 26.4 Å². The van der Waals surface area contributed by atoms with Gasteiger partial charge in [0.2, 0.25) is 0 Å². The van der Waals surface area contributed by atoms with Crippen molar-refractivity contribution in [1.82, 2.24) is 5.32 Å². The van der Waals surface area contributed by atoms with Crippen LogP contribution < -0.4 is 15.4 Å². The highest BCUT2D eigenvalue weighted by Gasteiger charge is 2.03. The fourth-order valence-corrected chi connectivity index (χ4v) is 2.84. The largest absolute Gasteiger partial charge is 0.493 e. The molecule has 2 aromatic rings. The average Bonchev–Trinajstić information content (AvgIpc) is 2.80. The summed E-state index contributed by atoms with van der Waals surface area (Å²) in [6, 6.07) is 16.2. The zero-order valence-electron chi connectivity index (χ0n) is 19.3. The molecule has 2 aromatic carbocycles. The van der Waals surface area contributed by atoms with Crippen molar-refractivity contribution >= 4 is 35.6 Å². The van der Waals surface area contributed by atoms with Gasteiger partial charge in [-0.3, -0.25) is 4.99 Å². The molecule has 178 valence electrons. The third-order valence-corrected chi connectivity index (χ3v) is 4.38. The smallest absolute Gasteiger partial charge is 0.195 e. The summed E-state index contributed by atoms with van der Waals surface area (Å²) in [6.07, 6.45) is 0.855. The Bertz CT molecular complexity index is 789. The lowest BCUT2D eigenvalue weighted by molar-refractivity contribution is 0.0453. The Kier molecular flexibility index (Phi) is 15.5. The molecule has 0 radical (unpaired) electrons. The van der Waals surface area contributed by atoms with E-state index < -0.39 is 0 Å². The van der Waals surface area contributed by atoms with Crippen molar-refractivity contribution in [2.75, 3.05) is 52.5 Å². The first-order valence-electron chi connectivity index (χ1n) is 10.7. The van der Waals surface area contributed by atoms with Gasteiger partial charge in [-0.15, -0.1) is 24.0 Å². The molecule has 2 rings (SSSR count). The van der Waals surface area contributed by atoms with Crippen molar-refractivity contribution in [2.45, 2.75) is 26.5 Å². The molecule has 0 saturated heterocycles. The summed E-state index contributed by atoms with van der Waals surface area (Å²) in [5.74, 6) is 1.50. The highest BCUT2D eigenvalue weighted by atomic mass is 127. The van der Waals surface area contributed by atoms with Crippen molar-refractivity contribution < 1.29 is 18.9 Å². The Morgan fingerprint density at radius 3 is 2.50 bits per heavy atom. The minimum atomic E-state index is 0. The highest BCUT2D eigenvalue weighted by molar-refractivity contribution is 14.0. The molecular formula is C24H36IN3O4. The van der Waals surface area contributed by atoms with Crippen LogP contribution in [0.1, 0.15) is 24.5 Å². The highest BCUT2D eigenvalue weighted by Crippen LogP contribution is 2.17. The number of nitrogens with one attached hydrogen (secondary N) is 2. The van der Waals surface area contributed by atoms with Crippen LogP contribution in [0.5, 0.6) is 5.75 Å². The lowest BCUT2D eigenvalue weighted by atomic mass is 10.1. The zero-order valence-corrected chi connectivity index (χ0v) is 21.6. The number of methoxy groups -OCH3 is 1. The van der Waals surface area contributed by atoms with Crippen LogP contribution in [0.25, 0.3) is 0 Å². The second-order valence-corrected chi connectivity index (χ2v) is 6.84. The number of hydrogen-bond donors (Lipinski definition) is 2. The Balaban J connectivity index is 0.00000512. The standard InChI is InChI=1S/C24H35N3O4.HI/c1-4-29-14-15-30-19-21-9-5-8-20(16-21)18-26-24(25-2)27-22-10-6-11-23(17-22)31-13-7-12-28-3;/h5-6,8-11,16-17H,4,7,12-15,18-19H2,1-3H3,(H2,25,26,27);1H. The number of aliphatic imine (C=N–C) groups is 1. The second-order valence-electron chi connectivity index (χ2n) is 6.84. The summed E-state index contributed by atoms with van der Waals surface area (Å²) >= 11 is 0. The molecule has 0 spiro atoms. The van der Waals surface area contributed by atoms with Crippen LogP contribution in [0.2, 0.25) is 0 Å². The quantitative estimate of drug-likeness (QED) is 0.155. The van der Waals surface area contributed by atoms with Crippen molar-refractivity contribution in [2.24, 2.45) is 4.99 Å². The Morgan fingerprint density at radius 1 is 0.938 bits per heavy atom. The van der Waals surface area contributed by atoms with Gasteiger partial charge in [0, 0.05) is 52.1 Å². The summed E-state index contributed by atoms with van der Waals surface area (Å²) in [6.45, 7) is 6.46. The molecule has 7 nitrogen and oxygen atoms in total. The molecule has 0 heterocycles. The third-order valence-electron chi connectivity index (χ3n) is 4.38. The van der Waals surface area contributed by atoms with Crippen LogP contribution in [0.4, 0.5) is 5.69 Å². The summed E-state index contributed by atoms with van der Waals surface area (Å²) in [5, 5.41) is 6.65. The fourth-order valence-electron chi connectivity index (χ4n) is 2.84. The van der Waals surface area contributed by atoms with E-state index in [2.05, 4.69) is 33.8 Å². The topological polar surface area (TPSA) is 73.3 Å². The molecule has 0 atom stereocenters. The molecular weight excluding hydrogens is 521 g/mol. The molecule has 0 saturated carbocycles. The predicted octanol–water partition coefficient (Wildman–Crippen LogP) is 4.46. The van der Waals surface area contributed by atoms with Gasteiger partial charge >= 0.3 is 0 Å². The molecule has 2 N–H and O–H groups in total. The van der Waals surface area contributed by atoms with Crippen molar-refractivity contribution in [3.05, 3.63) is 59.7 Å². The van der Waals surface area contributed by atoms with E-state index in [4.69, 9.17) is 18.9 Å². The van der Waals surface area contributed by atoms with Gasteiger partial charge in [0.1, 0.15) is 5.75 Å². The summed E-state index contributed by atoms with van der Waals surface area (Å²) in [5.41, 5.74) is 3.20. The number of ether oxygens (including phenoxy) is 4. The van der Waals surface area contributed by atoms with Crippen LogP contribution >= 0.6 is 24.0 Å². The molecule has 0 fully saturated rings. The molecule has 0 aromatic heterocycles. The van der Waals surface area contributed by atoms with Gasteiger partial charge in [-0.1, -0.05) is 30.3 Å². The molecule has 0 aliphatic heterocycles. The van der Waals surface area contributed by atoms with Crippen LogP contribution in [-0.2, 0) is 27.4 Å². The van der Waals surface area contributed by atoms with Gasteiger partial charge in [-0.2, -0.15) is 0 Å². The maximum Gasteiger partial charge on any atom is 0.195 e. The SMILES string of the molecule is CCOCCOCc1cccc(CNC(=NC)Nc2cccc(OCCCOC)c2)c1.I. The monoisotopic (exact) mass is 557 g/mol. The number of rotatable bonds is 14. The van der Waals surface area contributed by atoms with Gasteiger partial charge < -0.3 is 29.6 Å². The number of guanidine groups is 1. The number of nitrogens with zero attached hydrogens (tertiary/aromatic N) is 1. The fraction of sp³-hybridized carbons (Fsp3) is 0.458. The molecule has 32 heavy (non-hydrogen) atoms. The third kappa shape index (κ3) is 11.7. The van der Waals surface area contributed by atoms with E-state index in [1.54, 1.807) is 14.2 Å². The lowest BCUT2D eigenvalue weighted by Gasteiger charge is -2.14. The minimum Gasteiger partial charge on any atom is -0.493 e. The number of halogens is 1. The van der Waals surface area contributed by atoms with Crippen LogP contribution in [0.3, 0.4) is 0 Å². The first kappa shape index (κ1) is 28.2. The van der Waals surface area contributed by atoms with Gasteiger partial charge in [-0.25, -0.2) is 0 Å². The Hall–Kier alpha value is -1.88. The van der Waals surface area contributed by atoms with Crippen molar-refractivity contribution in [3.63, 3.8) is 0 Å². The summed E-state index contributed by atoms with van der Waals surface area (Å²) < 4.78 is 21.8. The molecule has 0 aliphatic rings. The van der Waals surface area contributed by atoms with Gasteiger partial charge in [0.15, 0.2) is 5.96 Å². The van der Waals surface area contributed by atoms with Crippen LogP contribution in [0, 0.1) is 0 Å². The van der Waals surface area contributed by atoms with Crippen LogP contribution in [-0.4, -0.2) is 53.2 Å². The second kappa shape index (κ2) is 17.6. The number of anilines is 1.